The zero-order valence-corrected chi connectivity index (χ0v) is 9.26. The number of alkyl halides is 2. The van der Waals surface area contributed by atoms with Gasteiger partial charge in [-0.1, -0.05) is 30.3 Å². The van der Waals surface area contributed by atoms with Gasteiger partial charge in [-0.2, -0.15) is 0 Å². The summed E-state index contributed by atoms with van der Waals surface area (Å²) in [6.45, 7) is 1.29. The van der Waals surface area contributed by atoms with Crippen molar-refractivity contribution < 1.29 is 4.74 Å². The Morgan fingerprint density at radius 1 is 1.29 bits per heavy atom. The van der Waals surface area contributed by atoms with Crippen molar-refractivity contribution in [3.05, 3.63) is 35.9 Å². The van der Waals surface area contributed by atoms with E-state index in [4.69, 9.17) is 27.9 Å². The van der Waals surface area contributed by atoms with Gasteiger partial charge in [0, 0.05) is 5.92 Å². The number of rotatable bonds is 4. The molecular weight excluding hydrogens is 219 g/mol. The largest absolute Gasteiger partial charge is 0.376 e. The van der Waals surface area contributed by atoms with Crippen LogP contribution in [0.15, 0.2) is 30.3 Å². The highest BCUT2D eigenvalue weighted by Gasteiger charge is 2.51. The van der Waals surface area contributed by atoms with Gasteiger partial charge in [-0.15, -0.1) is 23.2 Å². The van der Waals surface area contributed by atoms with Crippen LogP contribution in [0.2, 0.25) is 0 Å². The minimum absolute atomic E-state index is 0.314. The average molecular weight is 231 g/mol. The molecule has 1 aromatic rings. The summed E-state index contributed by atoms with van der Waals surface area (Å²) >= 11 is 11.7. The maximum atomic E-state index is 5.87. The maximum Gasteiger partial charge on any atom is 0.123 e. The van der Waals surface area contributed by atoms with E-state index in [9.17, 15) is 0 Å². The standard InChI is InChI=1S/C11H12Cl2O/c12-11(13)6-10(11)8-14-7-9-4-2-1-3-5-9/h1-5,10H,6-8H2. The van der Waals surface area contributed by atoms with Crippen molar-refractivity contribution in [2.24, 2.45) is 5.92 Å². The smallest absolute Gasteiger partial charge is 0.123 e. The Labute approximate surface area is 94.0 Å². The Hall–Kier alpha value is -0.240. The molecule has 0 heterocycles. The summed E-state index contributed by atoms with van der Waals surface area (Å²) in [5.74, 6) is 0.314. The van der Waals surface area contributed by atoms with Crippen LogP contribution in [0.3, 0.4) is 0 Å². The number of ether oxygens (including phenoxy) is 1. The zero-order valence-electron chi connectivity index (χ0n) is 7.75. The molecular formula is C11H12Cl2O. The normalized spacial score (nSPS) is 23.4. The summed E-state index contributed by atoms with van der Waals surface area (Å²) in [4.78, 5) is 0. The quantitative estimate of drug-likeness (QED) is 0.721. The first kappa shape index (κ1) is 10.3. The van der Waals surface area contributed by atoms with Gasteiger partial charge in [0.2, 0.25) is 0 Å². The van der Waals surface area contributed by atoms with Crippen LogP contribution in [-0.4, -0.2) is 10.9 Å². The van der Waals surface area contributed by atoms with Crippen molar-refractivity contribution in [1.82, 2.24) is 0 Å². The molecule has 1 unspecified atom stereocenters. The van der Waals surface area contributed by atoms with E-state index in [1.807, 2.05) is 30.3 Å². The Bertz CT molecular complexity index is 297. The van der Waals surface area contributed by atoms with Crippen molar-refractivity contribution in [3.63, 3.8) is 0 Å². The lowest BCUT2D eigenvalue weighted by Crippen LogP contribution is -2.01. The fourth-order valence-electron chi connectivity index (χ4n) is 1.34. The van der Waals surface area contributed by atoms with Crippen molar-refractivity contribution in [2.75, 3.05) is 6.61 Å². The molecule has 0 radical (unpaired) electrons. The lowest BCUT2D eigenvalue weighted by Gasteiger charge is -2.03. The molecule has 3 heteroatoms. The van der Waals surface area contributed by atoms with E-state index in [1.54, 1.807) is 0 Å². The van der Waals surface area contributed by atoms with Gasteiger partial charge >= 0.3 is 0 Å². The summed E-state index contributed by atoms with van der Waals surface area (Å²) in [7, 11) is 0. The predicted molar refractivity (Wildman–Crippen MR) is 58.6 cm³/mol. The molecule has 0 bridgehead atoms. The predicted octanol–water partition coefficient (Wildman–Crippen LogP) is 3.40. The van der Waals surface area contributed by atoms with E-state index in [2.05, 4.69) is 0 Å². The van der Waals surface area contributed by atoms with Gasteiger partial charge in [-0.25, -0.2) is 0 Å². The lowest BCUT2D eigenvalue weighted by molar-refractivity contribution is 0.111. The second-order valence-corrected chi connectivity index (χ2v) is 5.21. The molecule has 1 saturated carbocycles. The Kier molecular flexibility index (Phi) is 3.01. The van der Waals surface area contributed by atoms with Crippen LogP contribution in [0.5, 0.6) is 0 Å². The van der Waals surface area contributed by atoms with Gasteiger partial charge in [0.25, 0.3) is 0 Å². The van der Waals surface area contributed by atoms with E-state index in [1.165, 1.54) is 5.56 Å². The van der Waals surface area contributed by atoms with Crippen molar-refractivity contribution >= 4 is 23.2 Å². The molecule has 1 aliphatic rings. The van der Waals surface area contributed by atoms with Crippen LogP contribution < -0.4 is 0 Å². The molecule has 14 heavy (non-hydrogen) atoms. The summed E-state index contributed by atoms with van der Waals surface area (Å²) in [5, 5.41) is 0. The molecule has 0 saturated heterocycles. The second kappa shape index (κ2) is 4.09. The Morgan fingerprint density at radius 2 is 1.93 bits per heavy atom. The molecule has 2 rings (SSSR count). The monoisotopic (exact) mass is 230 g/mol. The molecule has 1 atom stereocenters. The van der Waals surface area contributed by atoms with Crippen LogP contribution in [0.1, 0.15) is 12.0 Å². The number of halogens is 2. The molecule has 1 nitrogen and oxygen atoms in total. The fraction of sp³-hybridized carbons (Fsp3) is 0.455. The highest BCUT2D eigenvalue weighted by molar-refractivity contribution is 6.50. The van der Waals surface area contributed by atoms with Crippen LogP contribution in [0, 0.1) is 5.92 Å². The zero-order chi connectivity index (χ0) is 10.0. The third-order valence-corrected chi connectivity index (χ3v) is 3.31. The summed E-state index contributed by atoms with van der Waals surface area (Å²) < 4.78 is 4.99. The highest BCUT2D eigenvalue weighted by atomic mass is 35.5. The van der Waals surface area contributed by atoms with Crippen LogP contribution in [0.4, 0.5) is 0 Å². The van der Waals surface area contributed by atoms with Crippen molar-refractivity contribution in [1.29, 1.82) is 0 Å². The Morgan fingerprint density at radius 3 is 2.50 bits per heavy atom. The van der Waals surface area contributed by atoms with Crippen LogP contribution in [0.25, 0.3) is 0 Å². The van der Waals surface area contributed by atoms with Gasteiger partial charge in [0.1, 0.15) is 4.33 Å². The van der Waals surface area contributed by atoms with E-state index in [0.717, 1.165) is 6.42 Å². The summed E-state index contributed by atoms with van der Waals surface area (Å²) in [5.41, 5.74) is 1.18. The third-order valence-electron chi connectivity index (χ3n) is 2.39. The summed E-state index contributed by atoms with van der Waals surface area (Å²) in [6.07, 6.45) is 0.852. The van der Waals surface area contributed by atoms with Gasteiger partial charge in [-0.05, 0) is 12.0 Å². The second-order valence-electron chi connectivity index (χ2n) is 3.66. The number of hydrogen-bond donors (Lipinski definition) is 0. The minimum atomic E-state index is -0.517. The fourth-order valence-corrected chi connectivity index (χ4v) is 1.84. The SMILES string of the molecule is ClC1(Cl)CC1COCc1ccccc1. The lowest BCUT2D eigenvalue weighted by atomic mass is 10.2. The molecule has 0 N–H and O–H groups in total. The molecule has 0 spiro atoms. The van der Waals surface area contributed by atoms with Gasteiger partial charge < -0.3 is 4.74 Å². The van der Waals surface area contributed by atoms with Crippen LogP contribution in [-0.2, 0) is 11.3 Å². The van der Waals surface area contributed by atoms with E-state index in [0.29, 0.717) is 19.1 Å². The number of benzene rings is 1. The molecule has 76 valence electrons. The molecule has 0 aliphatic heterocycles. The minimum Gasteiger partial charge on any atom is -0.376 e. The topological polar surface area (TPSA) is 9.23 Å². The molecule has 1 aliphatic carbocycles. The van der Waals surface area contributed by atoms with E-state index >= 15 is 0 Å². The summed E-state index contributed by atoms with van der Waals surface area (Å²) in [6, 6.07) is 10.1. The molecule has 1 fully saturated rings. The van der Waals surface area contributed by atoms with Crippen molar-refractivity contribution in [2.45, 2.75) is 17.4 Å². The van der Waals surface area contributed by atoms with E-state index < -0.39 is 4.33 Å². The van der Waals surface area contributed by atoms with Crippen LogP contribution >= 0.6 is 23.2 Å². The van der Waals surface area contributed by atoms with E-state index in [-0.39, 0.29) is 0 Å². The molecule has 0 aromatic heterocycles. The molecule has 1 aromatic carbocycles. The van der Waals surface area contributed by atoms with Crippen molar-refractivity contribution in [3.8, 4) is 0 Å². The highest BCUT2D eigenvalue weighted by Crippen LogP contribution is 2.53. The van der Waals surface area contributed by atoms with Gasteiger partial charge in [0.05, 0.1) is 13.2 Å². The number of hydrogen-bond acceptors (Lipinski definition) is 1. The van der Waals surface area contributed by atoms with Gasteiger partial charge in [0.15, 0.2) is 0 Å². The average Bonchev–Trinajstić information content (AvgIpc) is 2.76. The first-order valence-electron chi connectivity index (χ1n) is 4.68. The Balaban J connectivity index is 1.69. The molecule has 0 amide bonds. The maximum absolute atomic E-state index is 5.87. The first-order chi connectivity index (χ1) is 6.68. The third kappa shape index (κ3) is 2.63. The van der Waals surface area contributed by atoms with Gasteiger partial charge in [-0.3, -0.25) is 0 Å². The first-order valence-corrected chi connectivity index (χ1v) is 5.43.